The highest BCUT2D eigenvalue weighted by atomic mass is 16.2. The number of aromatic nitrogens is 2. The lowest BCUT2D eigenvalue weighted by Crippen LogP contribution is -2.33. The molecule has 1 aromatic heterocycles. The van der Waals surface area contributed by atoms with E-state index in [1.807, 2.05) is 36.9 Å². The molecule has 0 spiro atoms. The van der Waals surface area contributed by atoms with Crippen molar-refractivity contribution < 1.29 is 4.79 Å². The normalized spacial score (nSPS) is 11.2. The lowest BCUT2D eigenvalue weighted by molar-refractivity contribution is 0.0737. The minimum Gasteiger partial charge on any atom is -0.331 e. The van der Waals surface area contributed by atoms with Crippen LogP contribution in [0.2, 0.25) is 0 Å². The van der Waals surface area contributed by atoms with Gasteiger partial charge < -0.3 is 4.90 Å². The second-order valence-corrected chi connectivity index (χ2v) is 8.69. The molecule has 4 heteroatoms. The number of carbonyl (C=O) groups excluding carboxylic acids is 1. The van der Waals surface area contributed by atoms with Gasteiger partial charge in [-0.1, -0.05) is 54.4 Å². The van der Waals surface area contributed by atoms with Crippen LogP contribution < -0.4 is 0 Å². The summed E-state index contributed by atoms with van der Waals surface area (Å²) in [7, 11) is 0. The van der Waals surface area contributed by atoms with Gasteiger partial charge in [-0.3, -0.25) is 9.36 Å². The highest BCUT2D eigenvalue weighted by Crippen LogP contribution is 2.25. The van der Waals surface area contributed by atoms with Gasteiger partial charge in [-0.15, -0.1) is 0 Å². The van der Waals surface area contributed by atoms with Crippen molar-refractivity contribution in [2.75, 3.05) is 6.54 Å². The Bertz CT molecular complexity index is 1240. The van der Waals surface area contributed by atoms with E-state index in [4.69, 9.17) is 4.98 Å². The van der Waals surface area contributed by atoms with Crippen LogP contribution in [-0.2, 0) is 6.54 Å². The van der Waals surface area contributed by atoms with Crippen LogP contribution in [-0.4, -0.2) is 26.9 Å². The first-order valence-electron chi connectivity index (χ1n) is 11.3. The van der Waals surface area contributed by atoms with E-state index in [0.29, 0.717) is 13.1 Å². The monoisotopic (exact) mass is 425 g/mol. The third-order valence-electron chi connectivity index (χ3n) is 5.93. The molecule has 0 N–H and O–H groups in total. The van der Waals surface area contributed by atoms with Gasteiger partial charge in [-0.2, -0.15) is 0 Å². The number of amides is 1. The van der Waals surface area contributed by atoms with E-state index in [1.165, 1.54) is 11.1 Å². The van der Waals surface area contributed by atoms with Crippen molar-refractivity contribution >= 4 is 16.9 Å². The molecule has 0 bridgehead atoms. The number of imidazole rings is 1. The smallest absolute Gasteiger partial charge is 0.254 e. The molecular formula is C28H31N3O. The van der Waals surface area contributed by atoms with E-state index in [9.17, 15) is 4.79 Å². The molecule has 0 aliphatic carbocycles. The number of benzene rings is 3. The van der Waals surface area contributed by atoms with Crippen molar-refractivity contribution in [2.45, 2.75) is 47.6 Å². The number of aryl methyl sites for hydroxylation is 4. The Hall–Kier alpha value is -3.40. The summed E-state index contributed by atoms with van der Waals surface area (Å²) in [4.78, 5) is 20.6. The van der Waals surface area contributed by atoms with Gasteiger partial charge in [-0.05, 0) is 69.5 Å². The van der Waals surface area contributed by atoms with E-state index in [1.54, 1.807) is 0 Å². The zero-order valence-corrected chi connectivity index (χ0v) is 19.6. The lowest BCUT2D eigenvalue weighted by Gasteiger charge is -2.24. The van der Waals surface area contributed by atoms with Crippen molar-refractivity contribution in [1.82, 2.24) is 14.5 Å². The molecule has 4 nitrogen and oxygen atoms in total. The number of hydrogen-bond donors (Lipinski definition) is 0. The fourth-order valence-corrected chi connectivity index (χ4v) is 4.53. The van der Waals surface area contributed by atoms with E-state index in [2.05, 4.69) is 67.8 Å². The molecule has 0 aliphatic rings. The van der Waals surface area contributed by atoms with Crippen molar-refractivity contribution in [3.8, 4) is 5.69 Å². The molecule has 1 amide bonds. The third kappa shape index (κ3) is 4.18. The maximum absolute atomic E-state index is 13.7. The molecule has 0 atom stereocenters. The molecule has 1 heterocycles. The zero-order valence-electron chi connectivity index (χ0n) is 19.6. The maximum atomic E-state index is 13.7. The van der Waals surface area contributed by atoms with Crippen molar-refractivity contribution in [1.29, 1.82) is 0 Å². The minimum absolute atomic E-state index is 0.0735. The maximum Gasteiger partial charge on any atom is 0.254 e. The molecule has 0 saturated carbocycles. The van der Waals surface area contributed by atoms with Crippen LogP contribution in [0.15, 0.2) is 60.7 Å². The van der Waals surface area contributed by atoms with Gasteiger partial charge in [-0.25, -0.2) is 4.98 Å². The molecular weight excluding hydrogens is 394 g/mol. The van der Waals surface area contributed by atoms with Crippen LogP contribution in [0.1, 0.15) is 51.8 Å². The second kappa shape index (κ2) is 8.99. The van der Waals surface area contributed by atoms with Crippen LogP contribution >= 0.6 is 0 Å². The Kier molecular flexibility index (Phi) is 6.13. The molecule has 164 valence electrons. The second-order valence-electron chi connectivity index (χ2n) is 8.69. The van der Waals surface area contributed by atoms with Crippen LogP contribution in [0.4, 0.5) is 0 Å². The van der Waals surface area contributed by atoms with E-state index >= 15 is 0 Å². The number of rotatable bonds is 6. The molecule has 0 unspecified atom stereocenters. The van der Waals surface area contributed by atoms with Gasteiger partial charge in [0.1, 0.15) is 5.82 Å². The Balaban J connectivity index is 1.79. The van der Waals surface area contributed by atoms with Crippen LogP contribution in [0.3, 0.4) is 0 Å². The van der Waals surface area contributed by atoms with Gasteiger partial charge in [0.05, 0.1) is 17.6 Å². The lowest BCUT2D eigenvalue weighted by atomic mass is 9.98. The van der Waals surface area contributed by atoms with Crippen molar-refractivity contribution in [2.24, 2.45) is 0 Å². The first kappa shape index (κ1) is 21.8. The average molecular weight is 426 g/mol. The number of hydrogen-bond acceptors (Lipinski definition) is 2. The summed E-state index contributed by atoms with van der Waals surface area (Å²) >= 11 is 0. The molecule has 3 aromatic carbocycles. The van der Waals surface area contributed by atoms with Gasteiger partial charge in [0.15, 0.2) is 0 Å². The average Bonchev–Trinajstić information content (AvgIpc) is 3.11. The summed E-state index contributed by atoms with van der Waals surface area (Å²) < 4.78 is 2.18. The zero-order chi connectivity index (χ0) is 22.8. The molecule has 32 heavy (non-hydrogen) atoms. The molecule has 4 aromatic rings. The van der Waals surface area contributed by atoms with E-state index in [0.717, 1.165) is 45.7 Å². The molecule has 4 rings (SSSR count). The highest BCUT2D eigenvalue weighted by molar-refractivity contribution is 5.97. The van der Waals surface area contributed by atoms with Crippen molar-refractivity contribution in [3.05, 3.63) is 94.3 Å². The summed E-state index contributed by atoms with van der Waals surface area (Å²) in [5.41, 5.74) is 8.31. The molecule has 0 saturated heterocycles. The summed E-state index contributed by atoms with van der Waals surface area (Å²) in [6.45, 7) is 11.5. The SMILES string of the molecule is CCCN(Cc1nc2ccccc2n1-c1ccc(C)cc1)C(=O)c1c(C)cc(C)cc1C. The number of para-hydroxylation sites is 2. The standard InChI is InChI=1S/C28H31N3O/c1-6-15-30(28(32)27-21(4)16-20(3)17-22(27)5)18-26-29-24-9-7-8-10-25(24)31(26)23-13-11-19(2)12-14-23/h7-14,16-17H,6,15,18H2,1-5H3. The summed E-state index contributed by atoms with van der Waals surface area (Å²) in [6.07, 6.45) is 0.889. The Morgan fingerprint density at radius 3 is 2.22 bits per heavy atom. The van der Waals surface area contributed by atoms with E-state index in [-0.39, 0.29) is 5.91 Å². The molecule has 0 fully saturated rings. The van der Waals surface area contributed by atoms with Gasteiger partial charge in [0.25, 0.3) is 5.91 Å². The summed E-state index contributed by atoms with van der Waals surface area (Å²) in [5.74, 6) is 0.948. The quantitative estimate of drug-likeness (QED) is 0.363. The highest BCUT2D eigenvalue weighted by Gasteiger charge is 2.23. The minimum atomic E-state index is 0.0735. The van der Waals surface area contributed by atoms with Gasteiger partial charge in [0, 0.05) is 17.8 Å². The number of carbonyl (C=O) groups is 1. The number of nitrogens with zero attached hydrogens (tertiary/aromatic N) is 3. The fraction of sp³-hybridized carbons (Fsp3) is 0.286. The van der Waals surface area contributed by atoms with Gasteiger partial charge >= 0.3 is 0 Å². The number of fused-ring (bicyclic) bond motifs is 1. The Morgan fingerprint density at radius 2 is 1.56 bits per heavy atom. The largest absolute Gasteiger partial charge is 0.331 e. The predicted molar refractivity (Wildman–Crippen MR) is 131 cm³/mol. The summed E-state index contributed by atoms with van der Waals surface area (Å²) in [5, 5.41) is 0. The topological polar surface area (TPSA) is 38.1 Å². The Morgan fingerprint density at radius 1 is 0.906 bits per heavy atom. The predicted octanol–water partition coefficient (Wildman–Crippen LogP) is 6.31. The van der Waals surface area contributed by atoms with Gasteiger partial charge in [0.2, 0.25) is 0 Å². The van der Waals surface area contributed by atoms with Crippen LogP contribution in [0, 0.1) is 27.7 Å². The first-order chi connectivity index (χ1) is 15.4. The Labute approximate surface area is 190 Å². The van der Waals surface area contributed by atoms with Crippen LogP contribution in [0.25, 0.3) is 16.7 Å². The van der Waals surface area contributed by atoms with E-state index < -0.39 is 0 Å². The molecule has 0 radical (unpaired) electrons. The van der Waals surface area contributed by atoms with Crippen LogP contribution in [0.5, 0.6) is 0 Å². The molecule has 0 aliphatic heterocycles. The first-order valence-corrected chi connectivity index (χ1v) is 11.3. The van der Waals surface area contributed by atoms with Crippen molar-refractivity contribution in [3.63, 3.8) is 0 Å². The summed E-state index contributed by atoms with van der Waals surface area (Å²) in [6, 6.07) is 20.8. The fourth-order valence-electron chi connectivity index (χ4n) is 4.53. The third-order valence-corrected chi connectivity index (χ3v) is 5.93.